The molecule has 1 N–H and O–H groups in total. The highest BCUT2D eigenvalue weighted by Gasteiger charge is 2.10. The molecule has 2 aromatic rings. The van der Waals surface area contributed by atoms with Gasteiger partial charge in [0.05, 0.1) is 11.9 Å². The summed E-state index contributed by atoms with van der Waals surface area (Å²) < 4.78 is 30.9. The lowest BCUT2D eigenvalue weighted by molar-refractivity contribution is -0.0504. The first-order valence-electron chi connectivity index (χ1n) is 6.05. The lowest BCUT2D eigenvalue weighted by Gasteiger charge is -2.13. The van der Waals surface area contributed by atoms with E-state index < -0.39 is 6.61 Å². The lowest BCUT2D eigenvalue weighted by Crippen LogP contribution is -2.07. The van der Waals surface area contributed by atoms with Crippen LogP contribution in [0.4, 0.5) is 14.5 Å². The molecule has 1 aromatic heterocycles. The molecule has 112 valence electrons. The molecule has 2 rings (SSSR count). The van der Waals surface area contributed by atoms with Crippen LogP contribution >= 0.6 is 31.9 Å². The van der Waals surface area contributed by atoms with Crippen molar-refractivity contribution in [2.75, 3.05) is 5.32 Å². The Morgan fingerprint density at radius 2 is 2.05 bits per heavy atom. The molecule has 0 bridgehead atoms. The Morgan fingerprint density at radius 3 is 2.71 bits per heavy atom. The molecular weight excluding hydrogens is 410 g/mol. The van der Waals surface area contributed by atoms with Gasteiger partial charge in [-0.15, -0.1) is 0 Å². The fourth-order valence-corrected chi connectivity index (χ4v) is 2.37. The molecule has 0 unspecified atom stereocenters. The second kappa shape index (κ2) is 7.17. The molecule has 7 heteroatoms. The van der Waals surface area contributed by atoms with Crippen LogP contribution < -0.4 is 10.1 Å². The number of aryl methyl sites for hydroxylation is 1. The van der Waals surface area contributed by atoms with Crippen molar-refractivity contribution < 1.29 is 13.5 Å². The number of aromatic nitrogens is 1. The summed E-state index contributed by atoms with van der Waals surface area (Å²) in [5.41, 5.74) is 2.42. The molecule has 0 saturated carbocycles. The largest absolute Gasteiger partial charge is 0.434 e. The molecule has 0 amide bonds. The number of halogens is 4. The Bertz CT molecular complexity index is 638. The molecule has 0 fully saturated rings. The number of alkyl halides is 2. The maximum absolute atomic E-state index is 12.4. The number of nitrogens with zero attached hydrogens (tertiary/aromatic N) is 1. The molecule has 21 heavy (non-hydrogen) atoms. The third-order valence-electron chi connectivity index (χ3n) is 2.74. The molecular formula is C14H12Br2F2N2O. The van der Waals surface area contributed by atoms with E-state index in [0.717, 1.165) is 20.3 Å². The van der Waals surface area contributed by atoms with E-state index in [1.165, 1.54) is 6.07 Å². The van der Waals surface area contributed by atoms with Crippen molar-refractivity contribution in [3.63, 3.8) is 0 Å². The van der Waals surface area contributed by atoms with Crippen LogP contribution in [-0.2, 0) is 6.54 Å². The Hall–Kier alpha value is -1.21. The highest BCUT2D eigenvalue weighted by Crippen LogP contribution is 2.26. The number of benzene rings is 1. The Labute approximate surface area is 138 Å². The van der Waals surface area contributed by atoms with Crippen LogP contribution in [0.3, 0.4) is 0 Å². The molecule has 0 saturated heterocycles. The van der Waals surface area contributed by atoms with Gasteiger partial charge in [-0.05, 0) is 52.7 Å². The molecule has 0 aliphatic heterocycles. The van der Waals surface area contributed by atoms with E-state index in [0.29, 0.717) is 12.1 Å². The normalized spacial score (nSPS) is 10.8. The monoisotopic (exact) mass is 420 g/mol. The first kappa shape index (κ1) is 16.2. The lowest BCUT2D eigenvalue weighted by atomic mass is 10.2. The number of rotatable bonds is 5. The van der Waals surface area contributed by atoms with Crippen LogP contribution in [0, 0.1) is 6.92 Å². The zero-order valence-electron chi connectivity index (χ0n) is 11.0. The summed E-state index contributed by atoms with van der Waals surface area (Å²) in [7, 11) is 0. The van der Waals surface area contributed by atoms with Gasteiger partial charge < -0.3 is 10.1 Å². The van der Waals surface area contributed by atoms with Crippen molar-refractivity contribution in [1.82, 2.24) is 4.98 Å². The highest BCUT2D eigenvalue weighted by atomic mass is 79.9. The SMILES string of the molecule is Cc1cc(NCc2cc(Br)ccc2OC(F)F)cnc1Br. The Morgan fingerprint density at radius 1 is 1.29 bits per heavy atom. The topological polar surface area (TPSA) is 34.1 Å². The highest BCUT2D eigenvalue weighted by molar-refractivity contribution is 9.10. The number of ether oxygens (including phenoxy) is 1. The van der Waals surface area contributed by atoms with Gasteiger partial charge in [0.15, 0.2) is 0 Å². The van der Waals surface area contributed by atoms with Crippen molar-refractivity contribution in [3.8, 4) is 5.75 Å². The van der Waals surface area contributed by atoms with E-state index >= 15 is 0 Å². The second-order valence-corrected chi connectivity index (χ2v) is 5.98. The number of hydrogen-bond acceptors (Lipinski definition) is 3. The van der Waals surface area contributed by atoms with E-state index in [4.69, 9.17) is 0 Å². The van der Waals surface area contributed by atoms with Crippen molar-refractivity contribution >= 4 is 37.5 Å². The summed E-state index contributed by atoms with van der Waals surface area (Å²) in [6.07, 6.45) is 1.67. The third-order valence-corrected chi connectivity index (χ3v) is 4.06. The van der Waals surface area contributed by atoms with Gasteiger partial charge in [0, 0.05) is 16.6 Å². The quantitative estimate of drug-likeness (QED) is 0.679. The molecule has 0 aliphatic carbocycles. The van der Waals surface area contributed by atoms with Gasteiger partial charge >= 0.3 is 6.61 Å². The van der Waals surface area contributed by atoms with Gasteiger partial charge in [0.2, 0.25) is 0 Å². The van der Waals surface area contributed by atoms with Crippen LogP contribution in [-0.4, -0.2) is 11.6 Å². The Kier molecular flexibility index (Phi) is 5.52. The molecule has 1 aromatic carbocycles. The summed E-state index contributed by atoms with van der Waals surface area (Å²) in [4.78, 5) is 4.17. The third kappa shape index (κ3) is 4.64. The predicted molar refractivity (Wildman–Crippen MR) is 84.8 cm³/mol. The zero-order valence-corrected chi connectivity index (χ0v) is 14.2. The van der Waals surface area contributed by atoms with Crippen molar-refractivity contribution in [3.05, 3.63) is 50.7 Å². The summed E-state index contributed by atoms with van der Waals surface area (Å²) in [6, 6.07) is 6.83. The molecule has 0 aliphatic rings. The van der Waals surface area contributed by atoms with Crippen LogP contribution in [0.5, 0.6) is 5.75 Å². The number of nitrogens with one attached hydrogen (secondary N) is 1. The fraction of sp³-hybridized carbons (Fsp3) is 0.214. The van der Waals surface area contributed by atoms with Gasteiger partial charge in [-0.1, -0.05) is 15.9 Å². The average molecular weight is 422 g/mol. The number of pyridine rings is 1. The van der Waals surface area contributed by atoms with E-state index in [9.17, 15) is 8.78 Å². The summed E-state index contributed by atoms with van der Waals surface area (Å²) in [5.74, 6) is 0.155. The predicted octanol–water partition coefficient (Wildman–Crippen LogP) is 5.13. The number of hydrogen-bond donors (Lipinski definition) is 1. The van der Waals surface area contributed by atoms with Gasteiger partial charge in [0.1, 0.15) is 10.4 Å². The molecule has 3 nitrogen and oxygen atoms in total. The average Bonchev–Trinajstić information content (AvgIpc) is 2.42. The van der Waals surface area contributed by atoms with Gasteiger partial charge in [0.25, 0.3) is 0 Å². The van der Waals surface area contributed by atoms with Gasteiger partial charge in [-0.3, -0.25) is 0 Å². The van der Waals surface area contributed by atoms with Gasteiger partial charge in [-0.2, -0.15) is 8.78 Å². The van der Waals surface area contributed by atoms with E-state index in [1.54, 1.807) is 18.3 Å². The zero-order chi connectivity index (χ0) is 15.4. The summed E-state index contributed by atoms with van der Waals surface area (Å²) >= 11 is 6.65. The van der Waals surface area contributed by atoms with Crippen molar-refractivity contribution in [2.24, 2.45) is 0 Å². The second-order valence-electron chi connectivity index (χ2n) is 4.32. The number of anilines is 1. The van der Waals surface area contributed by atoms with Crippen LogP contribution in [0.25, 0.3) is 0 Å². The fourth-order valence-electron chi connectivity index (χ4n) is 1.75. The summed E-state index contributed by atoms with van der Waals surface area (Å²) in [6.45, 7) is -0.571. The maximum atomic E-state index is 12.4. The van der Waals surface area contributed by atoms with Gasteiger partial charge in [-0.25, -0.2) is 4.98 Å². The minimum Gasteiger partial charge on any atom is -0.434 e. The van der Waals surface area contributed by atoms with Crippen LogP contribution in [0.2, 0.25) is 0 Å². The van der Waals surface area contributed by atoms with Crippen molar-refractivity contribution in [2.45, 2.75) is 20.1 Å². The first-order chi connectivity index (χ1) is 9.95. The molecule has 0 radical (unpaired) electrons. The molecule has 0 spiro atoms. The summed E-state index contributed by atoms with van der Waals surface area (Å²) in [5, 5.41) is 3.14. The minimum absolute atomic E-state index is 0.155. The molecule has 0 atom stereocenters. The standard InChI is InChI=1S/C14H12Br2F2N2O/c1-8-4-11(7-20-13(8)16)19-6-9-5-10(15)2-3-12(9)21-14(17)18/h2-5,7,14,19H,6H2,1H3. The van der Waals surface area contributed by atoms with Crippen LogP contribution in [0.1, 0.15) is 11.1 Å². The van der Waals surface area contributed by atoms with E-state index in [-0.39, 0.29) is 5.75 Å². The first-order valence-corrected chi connectivity index (χ1v) is 7.63. The minimum atomic E-state index is -2.85. The maximum Gasteiger partial charge on any atom is 0.387 e. The van der Waals surface area contributed by atoms with E-state index in [1.807, 2.05) is 13.0 Å². The Balaban J connectivity index is 2.14. The molecule has 1 heterocycles. The van der Waals surface area contributed by atoms with E-state index in [2.05, 4.69) is 46.9 Å². The smallest absolute Gasteiger partial charge is 0.387 e. The van der Waals surface area contributed by atoms with Crippen molar-refractivity contribution in [1.29, 1.82) is 0 Å². The van der Waals surface area contributed by atoms with Crippen LogP contribution in [0.15, 0.2) is 39.5 Å².